The second-order valence-electron chi connectivity index (χ2n) is 5.16. The van der Waals surface area contributed by atoms with Gasteiger partial charge in [-0.25, -0.2) is 4.79 Å². The summed E-state index contributed by atoms with van der Waals surface area (Å²) in [6, 6.07) is 0. The molecule has 2 rings (SSSR count). The molecule has 4 nitrogen and oxygen atoms in total. The summed E-state index contributed by atoms with van der Waals surface area (Å²) in [7, 11) is 0. The number of hydrogen-bond acceptors (Lipinski definition) is 4. The summed E-state index contributed by atoms with van der Waals surface area (Å²) in [6.45, 7) is 8.28. The highest BCUT2D eigenvalue weighted by Gasteiger charge is 2.75. The highest BCUT2D eigenvalue weighted by atomic mass is 16.7. The van der Waals surface area contributed by atoms with Crippen LogP contribution in [0.3, 0.4) is 0 Å². The van der Waals surface area contributed by atoms with Crippen LogP contribution in [0.4, 0.5) is 0 Å². The van der Waals surface area contributed by atoms with Crippen molar-refractivity contribution in [2.45, 2.75) is 70.4 Å². The van der Waals surface area contributed by atoms with Crippen molar-refractivity contribution in [1.29, 1.82) is 0 Å². The maximum absolute atomic E-state index is 12.1. The maximum atomic E-state index is 12.1. The molecule has 0 aromatic carbocycles. The van der Waals surface area contributed by atoms with Crippen molar-refractivity contribution >= 4 is 5.97 Å². The molecule has 1 spiro atoms. The molecule has 0 N–H and O–H groups in total. The molecule has 98 valence electrons. The zero-order valence-electron chi connectivity index (χ0n) is 11.1. The second kappa shape index (κ2) is 4.25. The molecule has 0 aromatic rings. The molecule has 2 saturated heterocycles. The molecular formula is C13H22O4. The monoisotopic (exact) mass is 242 g/mol. The maximum Gasteiger partial charge on any atom is 0.341 e. The Morgan fingerprint density at radius 3 is 2.35 bits per heavy atom. The molecule has 0 aliphatic carbocycles. The van der Waals surface area contributed by atoms with E-state index in [1.807, 2.05) is 27.7 Å². The smallest absolute Gasteiger partial charge is 0.341 e. The summed E-state index contributed by atoms with van der Waals surface area (Å²) >= 11 is 0. The molecule has 0 amide bonds. The van der Waals surface area contributed by atoms with Crippen molar-refractivity contribution in [3.05, 3.63) is 0 Å². The Kier molecular flexibility index (Phi) is 3.21. The molecule has 3 atom stereocenters. The number of rotatable bonds is 3. The molecule has 0 radical (unpaired) electrons. The van der Waals surface area contributed by atoms with Gasteiger partial charge in [-0.05, 0) is 27.2 Å². The normalized spacial score (nSPS) is 44.7. The molecule has 2 aliphatic heterocycles. The summed E-state index contributed by atoms with van der Waals surface area (Å²) in [6.07, 6.45) is 2.52. The van der Waals surface area contributed by atoms with E-state index in [2.05, 4.69) is 0 Å². The molecular weight excluding hydrogens is 220 g/mol. The molecule has 2 fully saturated rings. The molecule has 2 aliphatic rings. The van der Waals surface area contributed by atoms with Gasteiger partial charge in [-0.15, -0.1) is 0 Å². The van der Waals surface area contributed by atoms with E-state index in [1.165, 1.54) is 0 Å². The lowest BCUT2D eigenvalue weighted by Gasteiger charge is -2.31. The lowest BCUT2D eigenvalue weighted by Crippen LogP contribution is -2.43. The third-order valence-corrected chi connectivity index (χ3v) is 3.87. The first-order chi connectivity index (χ1) is 7.99. The van der Waals surface area contributed by atoms with E-state index in [1.54, 1.807) is 0 Å². The number of ether oxygens (including phenoxy) is 3. The van der Waals surface area contributed by atoms with E-state index in [0.717, 1.165) is 12.8 Å². The average molecular weight is 242 g/mol. The van der Waals surface area contributed by atoms with Crippen LogP contribution >= 0.6 is 0 Å². The SMILES string of the molecule is CCOC(=O)C1(CC)OC12CC(C)OC(C)C2. The van der Waals surface area contributed by atoms with Gasteiger partial charge in [0.1, 0.15) is 5.60 Å². The van der Waals surface area contributed by atoms with Gasteiger partial charge >= 0.3 is 5.97 Å². The lowest BCUT2D eigenvalue weighted by molar-refractivity contribution is -0.149. The van der Waals surface area contributed by atoms with Crippen molar-refractivity contribution < 1.29 is 19.0 Å². The van der Waals surface area contributed by atoms with Crippen molar-refractivity contribution in [2.75, 3.05) is 6.61 Å². The van der Waals surface area contributed by atoms with Crippen LogP contribution in [-0.2, 0) is 19.0 Å². The van der Waals surface area contributed by atoms with Gasteiger partial charge in [0, 0.05) is 12.8 Å². The Morgan fingerprint density at radius 2 is 1.88 bits per heavy atom. The predicted molar refractivity (Wildman–Crippen MR) is 62.7 cm³/mol. The lowest BCUT2D eigenvalue weighted by atomic mass is 9.80. The third kappa shape index (κ3) is 1.87. The van der Waals surface area contributed by atoms with Crippen LogP contribution in [0.1, 0.15) is 47.0 Å². The minimum atomic E-state index is -0.713. The number of esters is 1. The van der Waals surface area contributed by atoms with Gasteiger partial charge < -0.3 is 14.2 Å². The molecule has 0 bridgehead atoms. The predicted octanol–water partition coefficient (Wildman–Crippen LogP) is 2.05. The fraction of sp³-hybridized carbons (Fsp3) is 0.923. The third-order valence-electron chi connectivity index (χ3n) is 3.87. The van der Waals surface area contributed by atoms with E-state index in [-0.39, 0.29) is 23.8 Å². The van der Waals surface area contributed by atoms with Crippen LogP contribution in [0.2, 0.25) is 0 Å². The number of epoxide rings is 1. The van der Waals surface area contributed by atoms with E-state index in [0.29, 0.717) is 13.0 Å². The Labute approximate surface area is 103 Å². The summed E-state index contributed by atoms with van der Waals surface area (Å²) in [5, 5.41) is 0. The molecule has 2 heterocycles. The first kappa shape index (κ1) is 12.8. The molecule has 17 heavy (non-hydrogen) atoms. The summed E-state index contributed by atoms with van der Waals surface area (Å²) in [5.74, 6) is -0.205. The van der Waals surface area contributed by atoms with Gasteiger partial charge in [0.2, 0.25) is 0 Å². The van der Waals surface area contributed by atoms with E-state index < -0.39 is 5.60 Å². The van der Waals surface area contributed by atoms with Crippen LogP contribution in [0.15, 0.2) is 0 Å². The minimum Gasteiger partial charge on any atom is -0.464 e. The second-order valence-corrected chi connectivity index (χ2v) is 5.16. The van der Waals surface area contributed by atoms with Gasteiger partial charge in [0.05, 0.1) is 18.8 Å². The van der Waals surface area contributed by atoms with Crippen molar-refractivity contribution in [1.82, 2.24) is 0 Å². The van der Waals surface area contributed by atoms with E-state index in [4.69, 9.17) is 14.2 Å². The van der Waals surface area contributed by atoms with Crippen molar-refractivity contribution in [3.8, 4) is 0 Å². The molecule has 3 unspecified atom stereocenters. The number of carbonyl (C=O) groups is 1. The van der Waals surface area contributed by atoms with Crippen molar-refractivity contribution in [3.63, 3.8) is 0 Å². The number of carbonyl (C=O) groups excluding carboxylic acids is 1. The Hall–Kier alpha value is -0.610. The molecule has 4 heteroatoms. The Bertz CT molecular complexity index is 305. The van der Waals surface area contributed by atoms with Gasteiger partial charge in [-0.3, -0.25) is 0 Å². The molecule has 0 aromatic heterocycles. The fourth-order valence-electron chi connectivity index (χ4n) is 3.24. The van der Waals surface area contributed by atoms with Crippen LogP contribution in [-0.4, -0.2) is 36.0 Å². The van der Waals surface area contributed by atoms with Crippen LogP contribution in [0.5, 0.6) is 0 Å². The minimum absolute atomic E-state index is 0.140. The number of hydrogen-bond donors (Lipinski definition) is 0. The van der Waals surface area contributed by atoms with E-state index in [9.17, 15) is 4.79 Å². The van der Waals surface area contributed by atoms with Crippen molar-refractivity contribution in [2.24, 2.45) is 0 Å². The quantitative estimate of drug-likeness (QED) is 0.561. The standard InChI is InChI=1S/C13H22O4/c1-5-13(11(14)15-6-2)12(17-13)7-9(3)16-10(4)8-12/h9-10H,5-8H2,1-4H3. The average Bonchev–Trinajstić information content (AvgIpc) is 2.84. The zero-order valence-corrected chi connectivity index (χ0v) is 11.1. The molecule has 0 saturated carbocycles. The topological polar surface area (TPSA) is 48.1 Å². The zero-order chi connectivity index (χ0) is 12.7. The fourth-order valence-corrected chi connectivity index (χ4v) is 3.24. The summed E-state index contributed by atoms with van der Waals surface area (Å²) in [5.41, 5.74) is -1.06. The van der Waals surface area contributed by atoms with Crippen LogP contribution in [0.25, 0.3) is 0 Å². The highest BCUT2D eigenvalue weighted by Crippen LogP contribution is 2.58. The largest absolute Gasteiger partial charge is 0.464 e. The first-order valence-corrected chi connectivity index (χ1v) is 6.52. The van der Waals surface area contributed by atoms with E-state index >= 15 is 0 Å². The van der Waals surface area contributed by atoms with Gasteiger partial charge in [0.25, 0.3) is 0 Å². The van der Waals surface area contributed by atoms with Crippen LogP contribution < -0.4 is 0 Å². The summed E-state index contributed by atoms with van der Waals surface area (Å²) in [4.78, 5) is 12.1. The Morgan fingerprint density at radius 1 is 1.29 bits per heavy atom. The van der Waals surface area contributed by atoms with Crippen LogP contribution in [0, 0.1) is 0 Å². The van der Waals surface area contributed by atoms with Gasteiger partial charge in [-0.1, -0.05) is 6.92 Å². The van der Waals surface area contributed by atoms with Gasteiger partial charge in [0.15, 0.2) is 5.60 Å². The first-order valence-electron chi connectivity index (χ1n) is 6.52. The Balaban J connectivity index is 2.15. The summed E-state index contributed by atoms with van der Waals surface area (Å²) < 4.78 is 16.7. The highest BCUT2D eigenvalue weighted by molar-refractivity contribution is 5.85. The van der Waals surface area contributed by atoms with Gasteiger partial charge in [-0.2, -0.15) is 0 Å².